The van der Waals surface area contributed by atoms with Crippen molar-refractivity contribution >= 4 is 35.2 Å². The average Bonchev–Trinajstić information content (AvgIpc) is 3.17. The van der Waals surface area contributed by atoms with Crippen molar-refractivity contribution in [3.8, 4) is 0 Å². The van der Waals surface area contributed by atoms with Crippen LogP contribution in [-0.4, -0.2) is 65.8 Å². The molecule has 0 bridgehead atoms. The monoisotopic (exact) mass is 500 g/mol. The van der Waals surface area contributed by atoms with E-state index in [1.165, 1.54) is 11.8 Å². The summed E-state index contributed by atoms with van der Waals surface area (Å²) in [7, 11) is 3.82. The first-order valence-corrected chi connectivity index (χ1v) is 12.6. The minimum absolute atomic E-state index is 0.163. The number of nitrogens with one attached hydrogen (secondary N) is 3. The number of benzene rings is 2. The summed E-state index contributed by atoms with van der Waals surface area (Å²) in [5.74, 6) is -0.367. The quantitative estimate of drug-likeness (QED) is 0.180. The van der Waals surface area contributed by atoms with Crippen LogP contribution in [0.25, 0.3) is 0 Å². The Hall–Kier alpha value is -3.08. The Morgan fingerprint density at radius 1 is 1.11 bits per heavy atom. The first kappa shape index (κ1) is 26.5. The zero-order valence-electron chi connectivity index (χ0n) is 19.9. The summed E-state index contributed by atoms with van der Waals surface area (Å²) in [5, 5.41) is 24.9. The molecule has 1 unspecified atom stereocenters. The van der Waals surface area contributed by atoms with E-state index in [1.807, 2.05) is 55.4 Å². The second-order valence-electron chi connectivity index (χ2n) is 8.64. The van der Waals surface area contributed by atoms with Gasteiger partial charge in [0.05, 0.1) is 12.1 Å². The molecule has 2 aromatic rings. The predicted octanol–water partition coefficient (Wildman–Crippen LogP) is 1.64. The van der Waals surface area contributed by atoms with Crippen molar-refractivity contribution in [3.05, 3.63) is 65.2 Å². The Morgan fingerprint density at radius 3 is 2.51 bits per heavy atom. The first-order valence-electron chi connectivity index (χ1n) is 11.4. The molecule has 3 amide bonds. The van der Waals surface area contributed by atoms with E-state index in [9.17, 15) is 19.5 Å². The molecule has 0 saturated carbocycles. The molecule has 3 rings (SSSR count). The van der Waals surface area contributed by atoms with Crippen molar-refractivity contribution in [3.63, 3.8) is 0 Å². The highest BCUT2D eigenvalue weighted by Gasteiger charge is 2.34. The van der Waals surface area contributed by atoms with Crippen LogP contribution in [0.4, 0.5) is 5.69 Å². The number of aliphatic hydroxyl groups is 1. The number of fused-ring (bicyclic) bond motifs is 1. The molecule has 10 heteroatoms. The topological polar surface area (TPSA) is 131 Å². The summed E-state index contributed by atoms with van der Waals surface area (Å²) in [5.41, 5.74) is 4.84. The van der Waals surface area contributed by atoms with E-state index in [2.05, 4.69) is 10.6 Å². The highest BCUT2D eigenvalue weighted by Crippen LogP contribution is 2.31. The van der Waals surface area contributed by atoms with E-state index >= 15 is 0 Å². The number of hydroxylamine groups is 1. The van der Waals surface area contributed by atoms with Crippen molar-refractivity contribution in [1.82, 2.24) is 16.1 Å². The lowest BCUT2D eigenvalue weighted by atomic mass is 10.1. The molecule has 5 N–H and O–H groups in total. The summed E-state index contributed by atoms with van der Waals surface area (Å²) < 4.78 is 0. The molecule has 0 spiro atoms. The minimum Gasteiger partial charge on any atom is -0.390 e. The maximum atomic E-state index is 13.2. The Kier molecular flexibility index (Phi) is 9.53. The average molecular weight is 501 g/mol. The maximum Gasteiger partial charge on any atom is 0.251 e. The van der Waals surface area contributed by atoms with Gasteiger partial charge in [0.1, 0.15) is 6.04 Å². The number of hydrogen-bond donors (Lipinski definition) is 5. The number of carbonyl (C=O) groups excluding carboxylic acids is 3. The van der Waals surface area contributed by atoms with Gasteiger partial charge in [0, 0.05) is 43.9 Å². The van der Waals surface area contributed by atoms with Gasteiger partial charge in [-0.15, -0.1) is 0 Å². The van der Waals surface area contributed by atoms with E-state index in [0.29, 0.717) is 29.9 Å². The Labute approximate surface area is 209 Å². The summed E-state index contributed by atoms with van der Waals surface area (Å²) in [6.07, 6.45) is 0.393. The van der Waals surface area contributed by atoms with E-state index < -0.39 is 24.1 Å². The lowest BCUT2D eigenvalue weighted by molar-refractivity contribution is -0.129. The molecule has 0 heterocycles. The van der Waals surface area contributed by atoms with E-state index in [-0.39, 0.29) is 18.2 Å². The molecular formula is C25H32N4O5S. The van der Waals surface area contributed by atoms with Gasteiger partial charge in [-0.2, -0.15) is 11.8 Å². The molecule has 0 aliphatic heterocycles. The van der Waals surface area contributed by atoms with Gasteiger partial charge in [-0.3, -0.25) is 19.6 Å². The third-order valence-electron chi connectivity index (χ3n) is 5.87. The third-order valence-corrected chi connectivity index (χ3v) is 7.02. The van der Waals surface area contributed by atoms with Crippen LogP contribution in [0.5, 0.6) is 0 Å². The molecule has 1 aliphatic rings. The maximum absolute atomic E-state index is 13.2. The highest BCUT2D eigenvalue weighted by molar-refractivity contribution is 7.99. The van der Waals surface area contributed by atoms with Gasteiger partial charge in [-0.1, -0.05) is 24.3 Å². The van der Waals surface area contributed by atoms with Gasteiger partial charge in [0.15, 0.2) is 0 Å². The number of nitrogens with zero attached hydrogens (tertiary/aromatic N) is 1. The van der Waals surface area contributed by atoms with Crippen molar-refractivity contribution in [2.24, 2.45) is 0 Å². The standard InChI is InChI=1S/C25H32N4O5S/c1-29(2)18-11-9-16(10-12-18)24(32)26-20(15-35-13-5-8-22(31)28-34)25(33)27-23-19-7-4-3-6-17(19)14-21(23)30/h3-4,6-7,9-12,20-21,23,30,34H,5,8,13-15H2,1-2H3,(H,26,32)(H,27,33)(H,28,31)/t20-,21+,23?/m0/s1. The summed E-state index contributed by atoms with van der Waals surface area (Å²) in [6.45, 7) is 0. The van der Waals surface area contributed by atoms with E-state index in [0.717, 1.165) is 16.8 Å². The molecule has 0 aromatic heterocycles. The highest BCUT2D eigenvalue weighted by atomic mass is 32.2. The lowest BCUT2D eigenvalue weighted by Crippen LogP contribution is -2.50. The van der Waals surface area contributed by atoms with Crippen molar-refractivity contribution < 1.29 is 24.7 Å². The van der Waals surface area contributed by atoms with Crippen LogP contribution in [-0.2, 0) is 16.0 Å². The van der Waals surface area contributed by atoms with Crippen LogP contribution in [0, 0.1) is 0 Å². The van der Waals surface area contributed by atoms with Gasteiger partial charge in [-0.05, 0) is 47.6 Å². The molecule has 3 atom stereocenters. The Morgan fingerprint density at radius 2 is 1.83 bits per heavy atom. The van der Waals surface area contributed by atoms with Crippen molar-refractivity contribution in [2.45, 2.75) is 37.5 Å². The third kappa shape index (κ3) is 7.20. The van der Waals surface area contributed by atoms with Crippen molar-refractivity contribution in [2.75, 3.05) is 30.5 Å². The summed E-state index contributed by atoms with van der Waals surface area (Å²) >= 11 is 1.42. The van der Waals surface area contributed by atoms with Gasteiger partial charge < -0.3 is 20.6 Å². The second kappa shape index (κ2) is 12.6. The molecule has 0 saturated heterocycles. The molecule has 0 fully saturated rings. The largest absolute Gasteiger partial charge is 0.390 e. The molecule has 1 aliphatic carbocycles. The zero-order chi connectivity index (χ0) is 25.4. The van der Waals surface area contributed by atoms with Gasteiger partial charge in [0.25, 0.3) is 5.91 Å². The number of hydrogen-bond acceptors (Lipinski definition) is 7. The lowest BCUT2D eigenvalue weighted by Gasteiger charge is -2.23. The van der Waals surface area contributed by atoms with Gasteiger partial charge >= 0.3 is 0 Å². The fourth-order valence-electron chi connectivity index (χ4n) is 3.93. The zero-order valence-corrected chi connectivity index (χ0v) is 20.7. The fraction of sp³-hybridized carbons (Fsp3) is 0.400. The normalized spacial score (nSPS) is 17.3. The van der Waals surface area contributed by atoms with Crippen LogP contribution in [0.3, 0.4) is 0 Å². The van der Waals surface area contributed by atoms with Gasteiger partial charge in [-0.25, -0.2) is 5.48 Å². The summed E-state index contributed by atoms with van der Waals surface area (Å²) in [6, 6.07) is 13.3. The van der Waals surface area contributed by atoms with Crippen LogP contribution in [0.1, 0.15) is 40.4 Å². The van der Waals surface area contributed by atoms with E-state index in [1.54, 1.807) is 17.6 Å². The number of thioether (sulfide) groups is 1. The van der Waals surface area contributed by atoms with Crippen LogP contribution >= 0.6 is 11.8 Å². The minimum atomic E-state index is -0.840. The van der Waals surface area contributed by atoms with E-state index in [4.69, 9.17) is 5.21 Å². The SMILES string of the molecule is CN(C)c1ccc(C(=O)N[C@@H](CSCCCC(=O)NO)C(=O)NC2c3ccccc3C[C@H]2O)cc1. The number of aliphatic hydroxyl groups excluding tert-OH is 1. The molecule has 0 radical (unpaired) electrons. The van der Waals surface area contributed by atoms with Gasteiger partial charge in [0.2, 0.25) is 11.8 Å². The Bertz CT molecular complexity index is 1030. The fourth-order valence-corrected chi connectivity index (χ4v) is 4.91. The number of rotatable bonds is 11. The van der Waals surface area contributed by atoms with Crippen molar-refractivity contribution in [1.29, 1.82) is 0 Å². The van der Waals surface area contributed by atoms with Crippen LogP contribution < -0.4 is 21.0 Å². The molecule has 9 nitrogen and oxygen atoms in total. The van der Waals surface area contributed by atoms with Crippen LogP contribution in [0.15, 0.2) is 48.5 Å². The number of carbonyl (C=O) groups is 3. The summed E-state index contributed by atoms with van der Waals surface area (Å²) in [4.78, 5) is 39.3. The molecule has 35 heavy (non-hydrogen) atoms. The second-order valence-corrected chi connectivity index (χ2v) is 9.79. The predicted molar refractivity (Wildman–Crippen MR) is 136 cm³/mol. The first-order chi connectivity index (χ1) is 16.8. The van der Waals surface area contributed by atoms with Crippen LogP contribution in [0.2, 0.25) is 0 Å². The number of anilines is 1. The smallest absolute Gasteiger partial charge is 0.251 e. The molecule has 188 valence electrons. The number of amides is 3. The molecular weight excluding hydrogens is 468 g/mol. The Balaban J connectivity index is 1.67. The molecule has 2 aromatic carbocycles.